The molecule has 3 rings (SSSR count). The fourth-order valence-electron chi connectivity index (χ4n) is 2.94. The Bertz CT molecular complexity index is 1380. The van der Waals surface area contributed by atoms with Crippen LogP contribution in [0.4, 0.5) is 15.8 Å². The molecule has 0 spiro atoms. The third kappa shape index (κ3) is 6.45. The normalized spacial score (nSPS) is 11.6. The molecule has 6 nitrogen and oxygen atoms in total. The van der Waals surface area contributed by atoms with E-state index in [1.54, 1.807) is 37.3 Å². The third-order valence-corrected chi connectivity index (χ3v) is 8.10. The minimum atomic E-state index is -1.51. The average molecular weight is 655 g/mol. The van der Waals surface area contributed by atoms with Gasteiger partial charge >= 0.3 is 5.97 Å². The molecule has 0 aliphatic carbocycles. The Morgan fingerprint density at radius 1 is 0.917 bits per heavy atom. The largest absolute Gasteiger partial charge is 0.478 e. The van der Waals surface area contributed by atoms with E-state index in [0.717, 1.165) is 0 Å². The fourth-order valence-corrected chi connectivity index (χ4v) is 5.16. The summed E-state index contributed by atoms with van der Waals surface area (Å²) < 4.78 is 14.5. The van der Waals surface area contributed by atoms with Crippen LogP contribution in [0, 0.1) is 5.82 Å². The molecule has 3 N–H and O–H groups in total. The van der Waals surface area contributed by atoms with E-state index >= 15 is 0 Å². The van der Waals surface area contributed by atoms with Crippen LogP contribution in [0.2, 0.25) is 20.1 Å². The number of carbonyl (C=O) groups excluding carboxylic acids is 2. The van der Waals surface area contributed by atoms with Crippen molar-refractivity contribution in [2.75, 3.05) is 10.6 Å². The second-order valence-electron chi connectivity index (χ2n) is 7.16. The Kier molecular flexibility index (Phi) is 9.54. The molecule has 0 bridgehead atoms. The Balaban J connectivity index is 1.72. The molecule has 0 aromatic heterocycles. The van der Waals surface area contributed by atoms with E-state index in [4.69, 9.17) is 46.4 Å². The van der Waals surface area contributed by atoms with Gasteiger partial charge in [-0.25, -0.2) is 9.18 Å². The lowest BCUT2D eigenvalue weighted by atomic mass is 10.1. The molecule has 2 amide bonds. The molecule has 13 heteroatoms. The lowest BCUT2D eigenvalue weighted by molar-refractivity contribution is -0.115. The molecule has 0 radical (unpaired) electrons. The first kappa shape index (κ1) is 28.6. The number of rotatable bonds is 7. The molecule has 3 aromatic rings. The number of halogens is 6. The molecule has 1 unspecified atom stereocenters. The zero-order valence-electron chi connectivity index (χ0n) is 18.0. The first-order valence-corrected chi connectivity index (χ1v) is 13.0. The molecule has 1 atom stereocenters. The van der Waals surface area contributed by atoms with Crippen molar-refractivity contribution in [3.05, 3.63) is 84.0 Å². The summed E-state index contributed by atoms with van der Waals surface area (Å²) in [6, 6.07) is 10.7. The van der Waals surface area contributed by atoms with Gasteiger partial charge in [-0.05, 0) is 49.4 Å². The summed E-state index contributed by atoms with van der Waals surface area (Å²) in [4.78, 5) is 37.7. The van der Waals surface area contributed by atoms with Crippen LogP contribution in [-0.2, 0) is 4.79 Å². The van der Waals surface area contributed by atoms with Crippen molar-refractivity contribution in [1.82, 2.24) is 0 Å². The third-order valence-electron chi connectivity index (χ3n) is 4.69. The molecule has 0 saturated carbocycles. The van der Waals surface area contributed by atoms with Gasteiger partial charge in [0.1, 0.15) is 5.82 Å². The summed E-state index contributed by atoms with van der Waals surface area (Å²) in [6.45, 7) is 1.66. The smallest absolute Gasteiger partial charge is 0.338 e. The molecule has 0 fully saturated rings. The van der Waals surface area contributed by atoms with E-state index < -0.39 is 45.0 Å². The van der Waals surface area contributed by atoms with Gasteiger partial charge in [-0.1, -0.05) is 62.3 Å². The fraction of sp³-hybridized carbons (Fsp3) is 0.0870. The first-order chi connectivity index (χ1) is 16.9. The second-order valence-corrected chi connectivity index (χ2v) is 11.0. The summed E-state index contributed by atoms with van der Waals surface area (Å²) in [5.41, 5.74) is -0.640. The molecule has 188 valence electrons. The number of amides is 2. The summed E-state index contributed by atoms with van der Waals surface area (Å²) in [5.74, 6) is -3.33. The number of thioether (sulfide) groups is 1. The van der Waals surface area contributed by atoms with Crippen molar-refractivity contribution in [2.24, 2.45) is 0 Å². The Morgan fingerprint density at radius 3 is 2.06 bits per heavy atom. The van der Waals surface area contributed by atoms with Crippen LogP contribution in [0.5, 0.6) is 0 Å². The van der Waals surface area contributed by atoms with E-state index in [-0.39, 0.29) is 20.8 Å². The second kappa shape index (κ2) is 12.0. The van der Waals surface area contributed by atoms with Crippen LogP contribution in [0.15, 0.2) is 51.8 Å². The Morgan fingerprint density at radius 2 is 1.50 bits per heavy atom. The van der Waals surface area contributed by atoms with Crippen LogP contribution in [0.25, 0.3) is 0 Å². The van der Waals surface area contributed by atoms with Crippen molar-refractivity contribution in [3.63, 3.8) is 0 Å². The highest BCUT2D eigenvalue weighted by Gasteiger charge is 2.29. The van der Waals surface area contributed by atoms with E-state index in [1.165, 1.54) is 23.9 Å². The number of aromatic carboxylic acids is 1. The number of carbonyl (C=O) groups is 3. The highest BCUT2D eigenvalue weighted by Crippen LogP contribution is 2.42. The highest BCUT2D eigenvalue weighted by molar-refractivity contribution is 9.10. The van der Waals surface area contributed by atoms with Crippen molar-refractivity contribution >= 4 is 103 Å². The van der Waals surface area contributed by atoms with E-state index in [1.807, 2.05) is 0 Å². The molecule has 0 aliphatic heterocycles. The van der Waals surface area contributed by atoms with Crippen LogP contribution >= 0.6 is 74.1 Å². The maximum atomic E-state index is 14.0. The van der Waals surface area contributed by atoms with Crippen LogP contribution < -0.4 is 10.6 Å². The molecule has 36 heavy (non-hydrogen) atoms. The van der Waals surface area contributed by atoms with E-state index in [0.29, 0.717) is 15.1 Å². The van der Waals surface area contributed by atoms with E-state index in [2.05, 4.69) is 26.6 Å². The Labute approximate surface area is 237 Å². The van der Waals surface area contributed by atoms with Gasteiger partial charge in [-0.15, -0.1) is 11.8 Å². The standard InChI is InChI=1S/C23H14BrCl4FN2O4S/c1-9(21(32)31-14-7-2-10(24)8-13(14)29)36-12-5-3-11(4-6-12)30-22(33)15-16(23(34)35)18(26)20(28)19(27)17(15)25/h2-9H,1H3,(H,30,33)(H,31,32)(H,34,35). The van der Waals surface area contributed by atoms with Crippen molar-refractivity contribution in [2.45, 2.75) is 17.1 Å². The number of nitrogens with one attached hydrogen (secondary N) is 2. The van der Waals surface area contributed by atoms with Gasteiger partial charge in [0, 0.05) is 15.1 Å². The first-order valence-electron chi connectivity index (χ1n) is 9.84. The van der Waals surface area contributed by atoms with Gasteiger partial charge in [0.15, 0.2) is 0 Å². The number of hydrogen-bond acceptors (Lipinski definition) is 4. The predicted octanol–water partition coefficient (Wildman–Crippen LogP) is 8.27. The van der Waals surface area contributed by atoms with Crippen molar-refractivity contribution in [3.8, 4) is 0 Å². The van der Waals surface area contributed by atoms with Gasteiger partial charge < -0.3 is 15.7 Å². The monoisotopic (exact) mass is 652 g/mol. The summed E-state index contributed by atoms with van der Waals surface area (Å²) in [6.07, 6.45) is 0. The Hall–Kier alpha value is -2.01. The SMILES string of the molecule is CC(Sc1ccc(NC(=O)c2c(Cl)c(Cl)c(Cl)c(Cl)c2C(=O)O)cc1)C(=O)Nc1ccc(Br)cc1F. The number of benzene rings is 3. The maximum absolute atomic E-state index is 14.0. The quantitative estimate of drug-likeness (QED) is 0.135. The summed E-state index contributed by atoms with van der Waals surface area (Å²) in [7, 11) is 0. The van der Waals surface area contributed by atoms with Crippen molar-refractivity contribution in [1.29, 1.82) is 0 Å². The average Bonchev–Trinajstić information content (AvgIpc) is 2.82. The van der Waals surface area contributed by atoms with Crippen LogP contribution in [0.1, 0.15) is 27.6 Å². The lowest BCUT2D eigenvalue weighted by Crippen LogP contribution is -2.22. The molecular weight excluding hydrogens is 641 g/mol. The van der Waals surface area contributed by atoms with Gasteiger partial charge in [0.05, 0.1) is 42.2 Å². The zero-order valence-corrected chi connectivity index (χ0v) is 23.4. The van der Waals surface area contributed by atoms with E-state index in [9.17, 15) is 23.9 Å². The van der Waals surface area contributed by atoms with Crippen LogP contribution in [0.3, 0.4) is 0 Å². The molecule has 0 heterocycles. The minimum Gasteiger partial charge on any atom is -0.478 e. The molecule has 3 aromatic carbocycles. The molecule has 0 aliphatic rings. The number of anilines is 2. The van der Waals surface area contributed by atoms with Gasteiger partial charge in [0.25, 0.3) is 5.91 Å². The number of hydrogen-bond donors (Lipinski definition) is 3. The molecular formula is C23H14BrCl4FN2O4S. The number of carboxylic acids is 1. The number of carboxylic acid groups (broad SMARTS) is 1. The van der Waals surface area contributed by atoms with Crippen LogP contribution in [-0.4, -0.2) is 28.1 Å². The molecule has 0 saturated heterocycles. The maximum Gasteiger partial charge on any atom is 0.338 e. The van der Waals surface area contributed by atoms with Crippen molar-refractivity contribution < 1.29 is 23.9 Å². The lowest BCUT2D eigenvalue weighted by Gasteiger charge is -2.15. The van der Waals surface area contributed by atoms with Gasteiger partial charge in [0.2, 0.25) is 5.91 Å². The highest BCUT2D eigenvalue weighted by atomic mass is 79.9. The summed E-state index contributed by atoms with van der Waals surface area (Å²) in [5, 5.41) is 12.7. The van der Waals surface area contributed by atoms with Gasteiger partial charge in [-0.2, -0.15) is 0 Å². The van der Waals surface area contributed by atoms with Gasteiger partial charge in [-0.3, -0.25) is 9.59 Å². The summed E-state index contributed by atoms with van der Waals surface area (Å²) >= 11 is 28.4. The minimum absolute atomic E-state index is 0.0653. The predicted molar refractivity (Wildman–Crippen MR) is 146 cm³/mol. The topological polar surface area (TPSA) is 95.5 Å². The zero-order chi connectivity index (χ0) is 26.7.